The molecule has 0 atom stereocenters. The summed E-state index contributed by atoms with van der Waals surface area (Å²) in [4.78, 5) is 24.1. The van der Waals surface area contributed by atoms with Gasteiger partial charge in [-0.25, -0.2) is 14.8 Å². The van der Waals surface area contributed by atoms with Crippen molar-refractivity contribution in [1.29, 1.82) is 0 Å². The van der Waals surface area contributed by atoms with Gasteiger partial charge in [0.25, 0.3) is 0 Å². The number of hydrogen-bond donors (Lipinski definition) is 1. The molecule has 0 unspecified atom stereocenters. The maximum Gasteiger partial charge on any atom is 0.417 e. The average Bonchev–Trinajstić information content (AvgIpc) is 3.45. The Bertz CT molecular complexity index is 889. The van der Waals surface area contributed by atoms with Crippen molar-refractivity contribution in [2.45, 2.75) is 31.5 Å². The third-order valence-electron chi connectivity index (χ3n) is 3.86. The lowest BCUT2D eigenvalue weighted by molar-refractivity contribution is -0.137. The third kappa shape index (κ3) is 4.41. The monoisotopic (exact) mass is 420 g/mol. The number of anilines is 1. The van der Waals surface area contributed by atoms with E-state index in [9.17, 15) is 18.0 Å². The zero-order valence-corrected chi connectivity index (χ0v) is 15.4. The van der Waals surface area contributed by atoms with Crippen LogP contribution in [0.5, 0.6) is 0 Å². The van der Waals surface area contributed by atoms with E-state index in [0.29, 0.717) is 12.0 Å². The highest BCUT2D eigenvalue weighted by Crippen LogP contribution is 2.40. The lowest BCUT2D eigenvalue weighted by atomic mass is 10.2. The fraction of sp³-hybridized carbons (Fsp3) is 0.375. The minimum Gasteiger partial charge on any atom is -0.464 e. The minimum absolute atomic E-state index is 0.0432. The number of esters is 1. The van der Waals surface area contributed by atoms with Gasteiger partial charge < -0.3 is 10.1 Å². The van der Waals surface area contributed by atoms with Crippen LogP contribution in [0.2, 0.25) is 10.0 Å². The molecule has 0 spiro atoms. The topological polar surface area (TPSA) is 77.0 Å². The number of alkyl halides is 3. The smallest absolute Gasteiger partial charge is 0.417 e. The first-order valence-electron chi connectivity index (χ1n) is 7.82. The van der Waals surface area contributed by atoms with Crippen LogP contribution >= 0.6 is 23.2 Å². The number of ether oxygens (including phenoxy) is 1. The Morgan fingerprint density at radius 1 is 1.33 bits per heavy atom. The fourth-order valence-corrected chi connectivity index (χ4v) is 2.72. The third-order valence-corrected chi connectivity index (χ3v) is 4.54. The van der Waals surface area contributed by atoms with Crippen LogP contribution in [0.25, 0.3) is 0 Å². The summed E-state index contributed by atoms with van der Waals surface area (Å²) in [5.74, 6) is 0.0394. The van der Waals surface area contributed by atoms with Crippen LogP contribution in [0, 0.1) is 0 Å². The number of halogens is 5. The molecule has 1 fully saturated rings. The van der Waals surface area contributed by atoms with E-state index in [1.807, 2.05) is 0 Å². The molecule has 0 saturated heterocycles. The summed E-state index contributed by atoms with van der Waals surface area (Å²) in [6.45, 7) is -0.0432. The van der Waals surface area contributed by atoms with Gasteiger partial charge in [-0.3, -0.25) is 4.98 Å². The summed E-state index contributed by atoms with van der Waals surface area (Å²) < 4.78 is 42.7. The Hall–Kier alpha value is -2.13. The summed E-state index contributed by atoms with van der Waals surface area (Å²) in [7, 11) is 1.20. The largest absolute Gasteiger partial charge is 0.464 e. The number of nitrogens with one attached hydrogen (secondary N) is 1. The highest BCUT2D eigenvalue weighted by molar-refractivity contribution is 6.35. The van der Waals surface area contributed by atoms with Crippen LogP contribution in [0.4, 0.5) is 19.0 Å². The van der Waals surface area contributed by atoms with Crippen LogP contribution in [0.3, 0.4) is 0 Å². The number of hydrogen-bond acceptors (Lipinski definition) is 6. The zero-order chi connectivity index (χ0) is 19.8. The first-order chi connectivity index (χ1) is 12.7. The Kier molecular flexibility index (Phi) is 5.43. The predicted octanol–water partition coefficient (Wildman–Crippen LogP) is 4.47. The molecule has 0 aromatic carbocycles. The summed E-state index contributed by atoms with van der Waals surface area (Å²) in [6, 6.07) is 0.794. The quantitative estimate of drug-likeness (QED) is 0.718. The van der Waals surface area contributed by atoms with Crippen molar-refractivity contribution in [1.82, 2.24) is 15.0 Å². The van der Waals surface area contributed by atoms with Crippen molar-refractivity contribution in [3.05, 3.63) is 45.1 Å². The number of pyridine rings is 1. The van der Waals surface area contributed by atoms with E-state index < -0.39 is 17.7 Å². The Balaban J connectivity index is 1.85. The van der Waals surface area contributed by atoms with Crippen LogP contribution < -0.4 is 5.32 Å². The van der Waals surface area contributed by atoms with Crippen molar-refractivity contribution < 1.29 is 22.7 Å². The highest BCUT2D eigenvalue weighted by Gasteiger charge is 2.32. The summed E-state index contributed by atoms with van der Waals surface area (Å²) in [5, 5.41) is 2.65. The van der Waals surface area contributed by atoms with Crippen LogP contribution in [0.1, 0.15) is 46.3 Å². The molecule has 6 nitrogen and oxygen atoms in total. The Labute approximate surface area is 162 Å². The normalized spacial score (nSPS) is 14.1. The molecule has 2 aromatic heterocycles. The minimum atomic E-state index is -4.53. The first kappa shape index (κ1) is 19.6. The molecule has 2 heterocycles. The van der Waals surface area contributed by atoms with Gasteiger partial charge >= 0.3 is 12.1 Å². The van der Waals surface area contributed by atoms with Crippen molar-refractivity contribution in [3.63, 3.8) is 0 Å². The lowest BCUT2D eigenvalue weighted by Gasteiger charge is -2.13. The number of aromatic nitrogens is 3. The van der Waals surface area contributed by atoms with Gasteiger partial charge in [-0.1, -0.05) is 23.2 Å². The molecule has 0 amide bonds. The van der Waals surface area contributed by atoms with Crippen molar-refractivity contribution in [2.24, 2.45) is 0 Å². The number of nitrogens with zero attached hydrogens (tertiary/aromatic N) is 3. The Morgan fingerprint density at radius 3 is 2.59 bits per heavy atom. The molecule has 1 aliphatic carbocycles. The predicted molar refractivity (Wildman–Crippen MR) is 91.9 cm³/mol. The second kappa shape index (κ2) is 7.47. The molecule has 1 saturated carbocycles. The SMILES string of the molecule is COC(=O)c1nc(C2CC2)nc(NCc2ncc(C(F)(F)F)cc2Cl)c1Cl. The second-order valence-electron chi connectivity index (χ2n) is 5.86. The van der Waals surface area contributed by atoms with Gasteiger partial charge in [0.1, 0.15) is 16.7 Å². The van der Waals surface area contributed by atoms with E-state index in [0.717, 1.165) is 18.9 Å². The van der Waals surface area contributed by atoms with Gasteiger partial charge in [0.2, 0.25) is 0 Å². The first-order valence-corrected chi connectivity index (χ1v) is 8.57. The van der Waals surface area contributed by atoms with E-state index in [4.69, 9.17) is 23.2 Å². The van der Waals surface area contributed by atoms with Gasteiger partial charge in [-0.2, -0.15) is 13.2 Å². The molecule has 0 aliphatic heterocycles. The molecule has 0 bridgehead atoms. The molecule has 2 aromatic rings. The van der Waals surface area contributed by atoms with Crippen molar-refractivity contribution in [2.75, 3.05) is 12.4 Å². The standard InChI is InChI=1S/C16H13Cl2F3N4O2/c1-27-15(26)12-11(18)14(25-13(24-12)7-2-3-7)23-6-10-9(17)4-8(5-22-10)16(19,20)21/h4-5,7H,2-3,6H2,1H3,(H,23,24,25). The average molecular weight is 421 g/mol. The molecule has 27 heavy (non-hydrogen) atoms. The zero-order valence-electron chi connectivity index (χ0n) is 13.9. The van der Waals surface area contributed by atoms with E-state index in [2.05, 4.69) is 25.0 Å². The summed E-state index contributed by atoms with van der Waals surface area (Å²) in [5.41, 5.74) is -0.850. The van der Waals surface area contributed by atoms with Crippen LogP contribution in [-0.2, 0) is 17.5 Å². The van der Waals surface area contributed by atoms with Gasteiger partial charge in [0, 0.05) is 12.1 Å². The van der Waals surface area contributed by atoms with Gasteiger partial charge in [-0.05, 0) is 18.9 Å². The molecule has 1 N–H and O–H groups in total. The van der Waals surface area contributed by atoms with Gasteiger partial charge in [0.05, 0.1) is 29.9 Å². The van der Waals surface area contributed by atoms with Crippen molar-refractivity contribution in [3.8, 4) is 0 Å². The summed E-state index contributed by atoms with van der Waals surface area (Å²) >= 11 is 12.1. The molecule has 1 aliphatic rings. The summed E-state index contributed by atoms with van der Waals surface area (Å²) in [6.07, 6.45) is -2.05. The molecule has 0 radical (unpaired) electrons. The molecule has 11 heteroatoms. The van der Waals surface area contributed by atoms with Gasteiger partial charge in [-0.15, -0.1) is 0 Å². The van der Waals surface area contributed by atoms with E-state index >= 15 is 0 Å². The maximum atomic E-state index is 12.7. The highest BCUT2D eigenvalue weighted by atomic mass is 35.5. The van der Waals surface area contributed by atoms with E-state index in [-0.39, 0.29) is 39.7 Å². The molecule has 144 valence electrons. The molecule has 3 rings (SSSR count). The molecular weight excluding hydrogens is 408 g/mol. The second-order valence-corrected chi connectivity index (χ2v) is 6.65. The van der Waals surface area contributed by atoms with E-state index in [1.165, 1.54) is 7.11 Å². The number of methoxy groups -OCH3 is 1. The van der Waals surface area contributed by atoms with E-state index in [1.54, 1.807) is 0 Å². The number of carbonyl (C=O) groups is 1. The fourth-order valence-electron chi connectivity index (χ4n) is 2.26. The number of carbonyl (C=O) groups excluding carboxylic acids is 1. The van der Waals surface area contributed by atoms with Crippen molar-refractivity contribution >= 4 is 35.0 Å². The molecular formula is C16H13Cl2F3N4O2. The number of rotatable bonds is 5. The Morgan fingerprint density at radius 2 is 2.04 bits per heavy atom. The van der Waals surface area contributed by atoms with Crippen LogP contribution in [-0.4, -0.2) is 28.0 Å². The lowest BCUT2D eigenvalue weighted by Crippen LogP contribution is -2.13. The van der Waals surface area contributed by atoms with Gasteiger partial charge in [0.15, 0.2) is 5.69 Å². The maximum absolute atomic E-state index is 12.7. The van der Waals surface area contributed by atoms with Crippen LogP contribution in [0.15, 0.2) is 12.3 Å².